The normalized spacial score (nSPS) is 11.3. The van der Waals surface area contributed by atoms with Gasteiger partial charge < -0.3 is 4.90 Å². The molecule has 1 amide bonds. The molecule has 28 heavy (non-hydrogen) atoms. The second-order valence-corrected chi connectivity index (χ2v) is 8.29. The average molecular weight is 416 g/mol. The zero-order chi connectivity index (χ0) is 20.1. The fourth-order valence-electron chi connectivity index (χ4n) is 3.20. The van der Waals surface area contributed by atoms with Crippen LogP contribution in [0.15, 0.2) is 42.5 Å². The van der Waals surface area contributed by atoms with Crippen LogP contribution in [0.1, 0.15) is 25.0 Å². The van der Waals surface area contributed by atoms with E-state index in [4.69, 9.17) is 16.6 Å². The fraction of sp³-hybridized carbons (Fsp3) is 0.364. The van der Waals surface area contributed by atoms with E-state index in [0.717, 1.165) is 46.1 Å². The van der Waals surface area contributed by atoms with Gasteiger partial charge in [-0.05, 0) is 43.8 Å². The maximum atomic E-state index is 13.2. The van der Waals surface area contributed by atoms with E-state index in [2.05, 4.69) is 24.8 Å². The van der Waals surface area contributed by atoms with Crippen LogP contribution >= 0.6 is 22.9 Å². The van der Waals surface area contributed by atoms with Crippen LogP contribution < -0.4 is 4.90 Å². The summed E-state index contributed by atoms with van der Waals surface area (Å²) < 4.78 is 0.999. The highest BCUT2D eigenvalue weighted by Gasteiger charge is 2.21. The van der Waals surface area contributed by atoms with Gasteiger partial charge in [0.05, 0.1) is 16.6 Å². The number of fused-ring (bicyclic) bond motifs is 1. The molecule has 4 nitrogen and oxygen atoms in total. The summed E-state index contributed by atoms with van der Waals surface area (Å²) in [5.41, 5.74) is 3.07. The highest BCUT2D eigenvalue weighted by atomic mass is 35.5. The van der Waals surface area contributed by atoms with Gasteiger partial charge in [0, 0.05) is 18.1 Å². The predicted octanol–water partition coefficient (Wildman–Crippen LogP) is 5.18. The lowest BCUT2D eigenvalue weighted by Gasteiger charge is -2.24. The number of benzene rings is 2. The molecule has 0 unspecified atom stereocenters. The number of thiazole rings is 1. The summed E-state index contributed by atoms with van der Waals surface area (Å²) >= 11 is 7.64. The van der Waals surface area contributed by atoms with E-state index in [1.54, 1.807) is 0 Å². The average Bonchev–Trinajstić information content (AvgIpc) is 3.07. The Labute approximate surface area is 175 Å². The van der Waals surface area contributed by atoms with Crippen LogP contribution in [-0.2, 0) is 11.2 Å². The van der Waals surface area contributed by atoms with Gasteiger partial charge in [0.15, 0.2) is 5.13 Å². The molecule has 0 radical (unpaired) electrons. The van der Waals surface area contributed by atoms with Crippen LogP contribution in [0.3, 0.4) is 0 Å². The molecule has 0 fully saturated rings. The van der Waals surface area contributed by atoms with E-state index < -0.39 is 0 Å². The summed E-state index contributed by atoms with van der Waals surface area (Å²) in [6.07, 6.45) is 0.372. The molecule has 0 spiro atoms. The number of aryl methyl sites for hydroxylation is 1. The van der Waals surface area contributed by atoms with E-state index >= 15 is 0 Å². The minimum atomic E-state index is 0.0721. The summed E-state index contributed by atoms with van der Waals surface area (Å²) in [7, 11) is 0. The van der Waals surface area contributed by atoms with Gasteiger partial charge in [-0.1, -0.05) is 66.6 Å². The number of hydrogen-bond donors (Lipinski definition) is 0. The van der Waals surface area contributed by atoms with Crippen LogP contribution in [0.5, 0.6) is 0 Å². The first-order valence-electron chi connectivity index (χ1n) is 9.64. The van der Waals surface area contributed by atoms with Crippen molar-refractivity contribution in [2.75, 3.05) is 31.1 Å². The molecule has 0 N–H and O–H groups in total. The molecule has 0 saturated carbocycles. The number of carbonyl (C=O) groups is 1. The van der Waals surface area contributed by atoms with Gasteiger partial charge in [-0.25, -0.2) is 4.98 Å². The van der Waals surface area contributed by atoms with Gasteiger partial charge in [-0.3, -0.25) is 9.69 Å². The molecule has 3 rings (SSSR count). The Morgan fingerprint density at radius 2 is 1.89 bits per heavy atom. The predicted molar refractivity (Wildman–Crippen MR) is 120 cm³/mol. The first-order valence-corrected chi connectivity index (χ1v) is 10.8. The Kier molecular flexibility index (Phi) is 7.05. The number of nitrogens with zero attached hydrogens (tertiary/aromatic N) is 3. The van der Waals surface area contributed by atoms with E-state index in [1.807, 2.05) is 48.2 Å². The zero-order valence-electron chi connectivity index (χ0n) is 16.6. The number of halogens is 1. The Morgan fingerprint density at radius 3 is 2.61 bits per heavy atom. The molecule has 1 heterocycles. The molecule has 0 bridgehead atoms. The van der Waals surface area contributed by atoms with Crippen LogP contribution in [0.4, 0.5) is 5.13 Å². The van der Waals surface area contributed by atoms with Crippen molar-refractivity contribution in [3.8, 4) is 0 Å². The minimum absolute atomic E-state index is 0.0721. The van der Waals surface area contributed by atoms with Gasteiger partial charge in [0.25, 0.3) is 0 Å². The first-order chi connectivity index (χ1) is 13.5. The zero-order valence-corrected chi connectivity index (χ0v) is 18.2. The highest BCUT2D eigenvalue weighted by Crippen LogP contribution is 2.31. The van der Waals surface area contributed by atoms with E-state index in [0.29, 0.717) is 18.0 Å². The summed E-state index contributed by atoms with van der Waals surface area (Å²) in [5.74, 6) is 0.0721. The molecule has 3 aromatic rings. The topological polar surface area (TPSA) is 36.4 Å². The lowest BCUT2D eigenvalue weighted by atomic mass is 10.1. The maximum absolute atomic E-state index is 13.2. The standard InChI is InChI=1S/C22H26ClN3OS/c1-4-25(5-2)11-12-26(21(27)14-17-8-6-7-16(3)13-17)22-24-19-10-9-18(23)15-20(19)28-22/h6-10,13,15H,4-5,11-12,14H2,1-3H3. The van der Waals surface area contributed by atoms with Crippen molar-refractivity contribution in [2.45, 2.75) is 27.2 Å². The minimum Gasteiger partial charge on any atom is -0.302 e. The third kappa shape index (κ3) is 5.10. The summed E-state index contributed by atoms with van der Waals surface area (Å²) in [6, 6.07) is 13.8. The number of aromatic nitrogens is 1. The van der Waals surface area contributed by atoms with E-state index in [9.17, 15) is 4.79 Å². The van der Waals surface area contributed by atoms with E-state index in [-0.39, 0.29) is 5.91 Å². The maximum Gasteiger partial charge on any atom is 0.233 e. The summed E-state index contributed by atoms with van der Waals surface area (Å²) in [6.45, 7) is 9.70. The quantitative estimate of drug-likeness (QED) is 0.508. The molecule has 0 saturated heterocycles. The number of rotatable bonds is 8. The van der Waals surface area contributed by atoms with Crippen LogP contribution in [0.25, 0.3) is 10.2 Å². The van der Waals surface area contributed by atoms with Crippen molar-refractivity contribution in [1.82, 2.24) is 9.88 Å². The first kappa shape index (κ1) is 20.8. The number of carbonyl (C=O) groups excluding carboxylic acids is 1. The van der Waals surface area contributed by atoms with Gasteiger partial charge in [0.2, 0.25) is 5.91 Å². The molecule has 1 aromatic heterocycles. The monoisotopic (exact) mass is 415 g/mol. The number of likely N-dealkylation sites (N-methyl/N-ethyl adjacent to an activating group) is 1. The van der Waals surface area contributed by atoms with E-state index in [1.165, 1.54) is 11.3 Å². The van der Waals surface area contributed by atoms with Crippen molar-refractivity contribution < 1.29 is 4.79 Å². The molecule has 0 aliphatic carbocycles. The van der Waals surface area contributed by atoms with Gasteiger partial charge in [-0.15, -0.1) is 0 Å². The van der Waals surface area contributed by atoms with Crippen LogP contribution in [-0.4, -0.2) is 42.0 Å². The van der Waals surface area contributed by atoms with Crippen molar-refractivity contribution >= 4 is 44.2 Å². The SMILES string of the molecule is CCN(CC)CCN(C(=O)Cc1cccc(C)c1)c1nc2ccc(Cl)cc2s1. The number of amides is 1. The third-order valence-corrected chi connectivity index (χ3v) is 6.12. The fourth-order valence-corrected chi connectivity index (χ4v) is 4.49. The Balaban J connectivity index is 1.87. The second-order valence-electron chi connectivity index (χ2n) is 6.85. The van der Waals surface area contributed by atoms with Crippen molar-refractivity contribution in [1.29, 1.82) is 0 Å². The Morgan fingerprint density at radius 1 is 1.11 bits per heavy atom. The number of anilines is 1. The Hall–Kier alpha value is -1.95. The van der Waals surface area contributed by atoms with Crippen molar-refractivity contribution in [3.63, 3.8) is 0 Å². The highest BCUT2D eigenvalue weighted by molar-refractivity contribution is 7.22. The largest absolute Gasteiger partial charge is 0.302 e. The lowest BCUT2D eigenvalue weighted by Crippen LogP contribution is -2.39. The molecular formula is C22H26ClN3OS. The second kappa shape index (κ2) is 9.50. The summed E-state index contributed by atoms with van der Waals surface area (Å²) in [5, 5.41) is 1.42. The lowest BCUT2D eigenvalue weighted by molar-refractivity contribution is -0.118. The summed E-state index contributed by atoms with van der Waals surface area (Å²) in [4.78, 5) is 22.1. The van der Waals surface area contributed by atoms with Crippen molar-refractivity contribution in [3.05, 3.63) is 58.6 Å². The molecule has 6 heteroatoms. The smallest absolute Gasteiger partial charge is 0.233 e. The molecule has 0 aliphatic rings. The molecule has 0 atom stereocenters. The molecule has 2 aromatic carbocycles. The third-order valence-electron chi connectivity index (χ3n) is 4.84. The number of hydrogen-bond acceptors (Lipinski definition) is 4. The van der Waals surface area contributed by atoms with Gasteiger partial charge in [0.1, 0.15) is 0 Å². The van der Waals surface area contributed by atoms with Crippen LogP contribution in [0, 0.1) is 6.92 Å². The van der Waals surface area contributed by atoms with Gasteiger partial charge >= 0.3 is 0 Å². The van der Waals surface area contributed by atoms with Crippen LogP contribution in [0.2, 0.25) is 5.02 Å². The molecule has 0 aliphatic heterocycles. The van der Waals surface area contributed by atoms with Gasteiger partial charge in [-0.2, -0.15) is 0 Å². The molecule has 148 valence electrons. The Bertz CT molecular complexity index is 952. The van der Waals surface area contributed by atoms with Crippen molar-refractivity contribution in [2.24, 2.45) is 0 Å². The molecular weight excluding hydrogens is 390 g/mol.